The molecule has 7 nitrogen and oxygen atoms in total. The molecule has 0 saturated carbocycles. The van der Waals surface area contributed by atoms with Gasteiger partial charge in [0.2, 0.25) is 5.78 Å². The Morgan fingerprint density at radius 2 is 2.10 bits per heavy atom. The van der Waals surface area contributed by atoms with Crippen LogP contribution in [0.15, 0.2) is 41.6 Å². The summed E-state index contributed by atoms with van der Waals surface area (Å²) >= 11 is 6.17. The van der Waals surface area contributed by atoms with E-state index in [0.717, 1.165) is 0 Å². The number of benzene rings is 1. The molecule has 1 aromatic carbocycles. The molecule has 1 N–H and O–H groups in total. The molecule has 0 saturated heterocycles. The van der Waals surface area contributed by atoms with E-state index < -0.39 is 0 Å². The van der Waals surface area contributed by atoms with Gasteiger partial charge in [0.1, 0.15) is 11.7 Å². The fraction of sp³-hybridized carbons (Fsp3) is 0. The quantitative estimate of drug-likeness (QED) is 0.574. The second-order valence-corrected chi connectivity index (χ2v) is 4.62. The van der Waals surface area contributed by atoms with Gasteiger partial charge in [0.25, 0.3) is 5.56 Å². The van der Waals surface area contributed by atoms with Crippen LogP contribution in [0.4, 0.5) is 0 Å². The molecule has 98 valence electrons. The van der Waals surface area contributed by atoms with Crippen LogP contribution in [-0.4, -0.2) is 29.4 Å². The number of nitrogens with one attached hydrogen (secondary N) is 1. The maximum atomic E-state index is 12.2. The summed E-state index contributed by atoms with van der Waals surface area (Å²) in [5.74, 6) is 0.375. The number of aromatic nitrogens is 6. The van der Waals surface area contributed by atoms with E-state index in [1.54, 1.807) is 10.6 Å². The molecule has 20 heavy (non-hydrogen) atoms. The van der Waals surface area contributed by atoms with Crippen LogP contribution in [0.1, 0.15) is 0 Å². The molecule has 3 aromatic heterocycles. The Morgan fingerprint density at radius 3 is 2.95 bits per heavy atom. The smallest absolute Gasteiger partial charge is 0.266 e. The fourth-order valence-electron chi connectivity index (χ4n) is 2.11. The zero-order valence-corrected chi connectivity index (χ0v) is 10.7. The topological polar surface area (TPSA) is 80.9 Å². The Kier molecular flexibility index (Phi) is 2.19. The first-order valence-corrected chi connectivity index (χ1v) is 6.18. The number of halogens is 1. The zero-order valence-electron chi connectivity index (χ0n) is 9.99. The summed E-state index contributed by atoms with van der Waals surface area (Å²) in [6.07, 6.45) is 2.95. The van der Waals surface area contributed by atoms with Crippen LogP contribution in [0.2, 0.25) is 5.02 Å². The SMILES string of the molecule is O=c1c2cn[nH]c2nc2n(-c3ccccc3Cl)cnn12. The van der Waals surface area contributed by atoms with Gasteiger partial charge in [0.05, 0.1) is 16.9 Å². The second kappa shape index (κ2) is 3.91. The summed E-state index contributed by atoms with van der Waals surface area (Å²) < 4.78 is 2.88. The van der Waals surface area contributed by atoms with Gasteiger partial charge in [0, 0.05) is 0 Å². The first kappa shape index (κ1) is 11.2. The zero-order chi connectivity index (χ0) is 13.7. The molecule has 4 rings (SSSR count). The number of para-hydroxylation sites is 1. The Labute approximate surface area is 116 Å². The van der Waals surface area contributed by atoms with Crippen LogP contribution in [0, 0.1) is 0 Å². The van der Waals surface area contributed by atoms with Gasteiger partial charge < -0.3 is 0 Å². The highest BCUT2D eigenvalue weighted by molar-refractivity contribution is 6.32. The standard InChI is InChI=1S/C12H7ClN6O/c13-8-3-1-2-4-9(8)18-6-15-19-11(20)7-5-14-17-10(7)16-12(18)19/h1-6H,(H,14,17). The van der Waals surface area contributed by atoms with Crippen LogP contribution in [0.25, 0.3) is 22.5 Å². The molecule has 0 bridgehead atoms. The number of fused-ring (bicyclic) bond motifs is 2. The van der Waals surface area contributed by atoms with Crippen LogP contribution in [0.5, 0.6) is 0 Å². The highest BCUT2D eigenvalue weighted by atomic mass is 35.5. The number of H-pyrrole nitrogens is 1. The first-order valence-electron chi connectivity index (χ1n) is 5.80. The lowest BCUT2D eigenvalue weighted by atomic mass is 10.3. The molecule has 0 aliphatic heterocycles. The number of nitrogens with zero attached hydrogens (tertiary/aromatic N) is 5. The summed E-state index contributed by atoms with van der Waals surface area (Å²) in [5.41, 5.74) is 0.850. The Balaban J connectivity index is 2.14. The third-order valence-corrected chi connectivity index (χ3v) is 3.37. The molecule has 0 unspecified atom stereocenters. The molecule has 0 fully saturated rings. The lowest BCUT2D eigenvalue weighted by Crippen LogP contribution is -2.15. The molecule has 0 atom stereocenters. The third-order valence-electron chi connectivity index (χ3n) is 3.05. The van der Waals surface area contributed by atoms with E-state index >= 15 is 0 Å². The normalized spacial score (nSPS) is 11.4. The maximum absolute atomic E-state index is 12.2. The average Bonchev–Trinajstić information content (AvgIpc) is 3.07. The van der Waals surface area contributed by atoms with E-state index in [0.29, 0.717) is 27.5 Å². The Morgan fingerprint density at radius 1 is 1.25 bits per heavy atom. The predicted molar refractivity (Wildman–Crippen MR) is 73.2 cm³/mol. The largest absolute Gasteiger partial charge is 0.286 e. The van der Waals surface area contributed by atoms with Gasteiger partial charge in [-0.1, -0.05) is 23.7 Å². The van der Waals surface area contributed by atoms with Crippen molar-refractivity contribution in [3.05, 3.63) is 52.2 Å². The van der Waals surface area contributed by atoms with Gasteiger partial charge in [-0.2, -0.15) is 19.7 Å². The molecular weight excluding hydrogens is 280 g/mol. The Hall–Kier alpha value is -2.67. The number of rotatable bonds is 1. The summed E-state index contributed by atoms with van der Waals surface area (Å²) in [6.45, 7) is 0. The van der Waals surface area contributed by atoms with Gasteiger partial charge >= 0.3 is 0 Å². The summed E-state index contributed by atoms with van der Waals surface area (Å²) in [7, 11) is 0. The van der Waals surface area contributed by atoms with Crippen molar-refractivity contribution in [1.29, 1.82) is 0 Å². The van der Waals surface area contributed by atoms with Crippen molar-refractivity contribution >= 4 is 28.4 Å². The van der Waals surface area contributed by atoms with E-state index in [1.165, 1.54) is 17.0 Å². The molecule has 3 heterocycles. The number of hydrogen-bond donors (Lipinski definition) is 1. The van der Waals surface area contributed by atoms with Crippen molar-refractivity contribution in [1.82, 2.24) is 29.4 Å². The second-order valence-electron chi connectivity index (χ2n) is 4.21. The lowest BCUT2D eigenvalue weighted by Gasteiger charge is -2.04. The van der Waals surface area contributed by atoms with Crippen LogP contribution in [0.3, 0.4) is 0 Å². The number of hydrogen-bond acceptors (Lipinski definition) is 4. The van der Waals surface area contributed by atoms with Crippen molar-refractivity contribution in [2.75, 3.05) is 0 Å². The molecular formula is C12H7ClN6O. The predicted octanol–water partition coefficient (Wildman–Crippen LogP) is 1.41. The third kappa shape index (κ3) is 1.41. The fourth-order valence-corrected chi connectivity index (χ4v) is 2.33. The van der Waals surface area contributed by atoms with E-state index in [9.17, 15) is 4.79 Å². The van der Waals surface area contributed by atoms with Crippen LogP contribution < -0.4 is 5.56 Å². The summed E-state index contributed by atoms with van der Waals surface area (Å²) in [6, 6.07) is 7.27. The highest BCUT2D eigenvalue weighted by Crippen LogP contribution is 2.21. The van der Waals surface area contributed by atoms with Crippen molar-refractivity contribution in [3.63, 3.8) is 0 Å². The van der Waals surface area contributed by atoms with Crippen LogP contribution in [-0.2, 0) is 0 Å². The van der Waals surface area contributed by atoms with E-state index in [2.05, 4.69) is 20.3 Å². The minimum Gasteiger partial charge on any atom is -0.266 e. The van der Waals surface area contributed by atoms with Crippen LogP contribution >= 0.6 is 11.6 Å². The van der Waals surface area contributed by atoms with Crippen molar-refractivity contribution < 1.29 is 0 Å². The van der Waals surface area contributed by atoms with Crippen molar-refractivity contribution in [2.45, 2.75) is 0 Å². The lowest BCUT2D eigenvalue weighted by molar-refractivity contribution is 0.913. The molecule has 0 amide bonds. The minimum absolute atomic E-state index is 0.274. The highest BCUT2D eigenvalue weighted by Gasteiger charge is 2.13. The van der Waals surface area contributed by atoms with Gasteiger partial charge in [-0.25, -0.2) is 0 Å². The molecule has 0 aliphatic rings. The summed E-state index contributed by atoms with van der Waals surface area (Å²) in [5, 5.41) is 11.5. The summed E-state index contributed by atoms with van der Waals surface area (Å²) in [4.78, 5) is 16.6. The van der Waals surface area contributed by atoms with E-state index in [4.69, 9.17) is 11.6 Å². The van der Waals surface area contributed by atoms with Gasteiger partial charge in [-0.3, -0.25) is 14.5 Å². The molecule has 0 aliphatic carbocycles. The molecule has 0 spiro atoms. The van der Waals surface area contributed by atoms with E-state index in [-0.39, 0.29) is 5.56 Å². The first-order chi connectivity index (χ1) is 9.75. The molecule has 0 radical (unpaired) electrons. The monoisotopic (exact) mass is 286 g/mol. The van der Waals surface area contributed by atoms with Gasteiger partial charge in [-0.15, -0.1) is 0 Å². The maximum Gasteiger partial charge on any atom is 0.286 e. The molecule has 8 heteroatoms. The van der Waals surface area contributed by atoms with E-state index in [1.807, 2.05) is 18.2 Å². The molecule has 4 aromatic rings. The number of aromatic amines is 1. The van der Waals surface area contributed by atoms with Gasteiger partial charge in [-0.05, 0) is 12.1 Å². The Bertz CT molecular complexity index is 998. The van der Waals surface area contributed by atoms with Crippen molar-refractivity contribution in [2.24, 2.45) is 0 Å². The van der Waals surface area contributed by atoms with Gasteiger partial charge in [0.15, 0.2) is 5.65 Å². The van der Waals surface area contributed by atoms with Crippen molar-refractivity contribution in [3.8, 4) is 5.69 Å². The average molecular weight is 287 g/mol. The minimum atomic E-state index is -0.274.